The average Bonchev–Trinajstić information content (AvgIpc) is 2.38. The fourth-order valence-electron chi connectivity index (χ4n) is 2.26. The molecular weight excluding hydrogens is 305 g/mol. The van der Waals surface area contributed by atoms with Gasteiger partial charge in [0.2, 0.25) is 0 Å². The van der Waals surface area contributed by atoms with Crippen LogP contribution in [-0.2, 0) is 0 Å². The Morgan fingerprint density at radius 3 is 2.43 bits per heavy atom. The molecule has 0 radical (unpaired) electrons. The zero-order valence-corrected chi connectivity index (χ0v) is 12.8. The van der Waals surface area contributed by atoms with Crippen molar-refractivity contribution < 1.29 is 0 Å². The molecule has 1 aromatic heterocycles. The van der Waals surface area contributed by atoms with E-state index in [-0.39, 0.29) is 0 Å². The summed E-state index contributed by atoms with van der Waals surface area (Å²) in [5.74, 6) is 0. The molecule has 21 heavy (non-hydrogen) atoms. The lowest BCUT2D eigenvalue weighted by Gasteiger charge is -2.12. The summed E-state index contributed by atoms with van der Waals surface area (Å²) in [5, 5.41) is 5.45. The second-order valence-electron chi connectivity index (χ2n) is 4.87. The molecule has 0 amide bonds. The molecule has 3 aromatic rings. The molecule has 0 fully saturated rings. The van der Waals surface area contributed by atoms with E-state index in [1.165, 1.54) is 0 Å². The number of fused-ring (bicyclic) bond motifs is 1. The van der Waals surface area contributed by atoms with Crippen molar-refractivity contribution in [2.45, 2.75) is 6.92 Å². The lowest BCUT2D eigenvalue weighted by Crippen LogP contribution is -1.96. The van der Waals surface area contributed by atoms with E-state index in [0.29, 0.717) is 15.7 Å². The number of nitrogens with zero attached hydrogens (tertiary/aromatic N) is 1. The second-order valence-corrected chi connectivity index (χ2v) is 5.74. The van der Waals surface area contributed by atoms with Crippen molar-refractivity contribution in [2.75, 3.05) is 11.1 Å². The Labute approximate surface area is 132 Å². The number of halogens is 2. The van der Waals surface area contributed by atoms with Gasteiger partial charge in [-0.1, -0.05) is 23.2 Å². The maximum atomic E-state index is 6.03. The van der Waals surface area contributed by atoms with Crippen LogP contribution in [0.3, 0.4) is 0 Å². The van der Waals surface area contributed by atoms with Crippen molar-refractivity contribution in [3.63, 3.8) is 0 Å². The molecule has 0 bridgehead atoms. The summed E-state index contributed by atoms with van der Waals surface area (Å²) in [6.45, 7) is 1.95. The summed E-state index contributed by atoms with van der Waals surface area (Å²) < 4.78 is 0. The van der Waals surface area contributed by atoms with E-state index in [0.717, 1.165) is 28.0 Å². The maximum Gasteiger partial charge on any atom is 0.0727 e. The van der Waals surface area contributed by atoms with Crippen LogP contribution >= 0.6 is 23.2 Å². The average molecular weight is 318 g/mol. The van der Waals surface area contributed by atoms with Gasteiger partial charge in [-0.05, 0) is 49.4 Å². The number of rotatable bonds is 2. The third kappa shape index (κ3) is 3.04. The molecule has 0 aliphatic rings. The predicted octanol–water partition coefficient (Wildman–Crippen LogP) is 5.18. The molecule has 0 saturated heterocycles. The summed E-state index contributed by atoms with van der Waals surface area (Å²) in [4.78, 5) is 4.51. The van der Waals surface area contributed by atoms with Crippen molar-refractivity contribution in [1.82, 2.24) is 4.98 Å². The Morgan fingerprint density at radius 2 is 1.71 bits per heavy atom. The summed E-state index contributed by atoms with van der Waals surface area (Å²) in [5.41, 5.74) is 10.1. The Hall–Kier alpha value is -1.97. The van der Waals surface area contributed by atoms with Gasteiger partial charge in [0, 0.05) is 38.2 Å². The molecule has 1 heterocycles. The molecule has 5 heteroatoms. The van der Waals surface area contributed by atoms with Gasteiger partial charge in [-0.25, -0.2) is 0 Å². The quantitative estimate of drug-likeness (QED) is 0.640. The van der Waals surface area contributed by atoms with Crippen LogP contribution in [0.1, 0.15) is 5.69 Å². The molecular formula is C16H13Cl2N3. The molecule has 0 atom stereocenters. The zero-order valence-electron chi connectivity index (χ0n) is 11.3. The summed E-state index contributed by atoms with van der Waals surface area (Å²) in [6, 6.07) is 13.0. The van der Waals surface area contributed by atoms with E-state index in [1.54, 1.807) is 6.07 Å². The highest BCUT2D eigenvalue weighted by atomic mass is 35.5. The molecule has 106 valence electrons. The molecule has 3 nitrogen and oxygen atoms in total. The third-order valence-electron chi connectivity index (χ3n) is 3.10. The molecule has 0 spiro atoms. The summed E-state index contributed by atoms with van der Waals surface area (Å²) in [6.07, 6.45) is 0. The number of nitrogens with two attached hydrogens (primary N) is 1. The number of aryl methyl sites for hydroxylation is 1. The minimum Gasteiger partial charge on any atom is -0.399 e. The molecule has 3 rings (SSSR count). The van der Waals surface area contributed by atoms with Gasteiger partial charge in [0.25, 0.3) is 0 Å². The zero-order chi connectivity index (χ0) is 15.0. The van der Waals surface area contributed by atoms with Crippen molar-refractivity contribution in [3.05, 3.63) is 58.2 Å². The van der Waals surface area contributed by atoms with Gasteiger partial charge < -0.3 is 11.1 Å². The van der Waals surface area contributed by atoms with Crippen LogP contribution in [0.5, 0.6) is 0 Å². The predicted molar refractivity (Wildman–Crippen MR) is 90.6 cm³/mol. The Morgan fingerprint density at radius 1 is 1.00 bits per heavy atom. The fraction of sp³-hybridized carbons (Fsp3) is 0.0625. The highest BCUT2D eigenvalue weighted by Crippen LogP contribution is 2.30. The standard InChI is InChI=1S/C16H13Cl2N3/c1-9-4-16(14-8-12(19)2-3-15(14)20-9)21-13-6-10(17)5-11(18)7-13/h2-8H,19H2,1H3,(H,20,21). The highest BCUT2D eigenvalue weighted by molar-refractivity contribution is 6.35. The van der Waals surface area contributed by atoms with Crippen LogP contribution in [0.4, 0.5) is 17.1 Å². The minimum absolute atomic E-state index is 0.583. The highest BCUT2D eigenvalue weighted by Gasteiger charge is 2.06. The molecule has 0 unspecified atom stereocenters. The topological polar surface area (TPSA) is 50.9 Å². The molecule has 2 aromatic carbocycles. The molecule has 0 aliphatic carbocycles. The van der Waals surface area contributed by atoms with Gasteiger partial charge in [-0.15, -0.1) is 0 Å². The SMILES string of the molecule is Cc1cc(Nc2cc(Cl)cc(Cl)c2)c2cc(N)ccc2n1. The Bertz CT molecular complexity index is 811. The van der Waals surface area contributed by atoms with E-state index in [1.807, 2.05) is 43.3 Å². The number of benzene rings is 2. The first-order valence-electron chi connectivity index (χ1n) is 6.41. The first-order valence-corrected chi connectivity index (χ1v) is 7.17. The number of nitrogen functional groups attached to an aromatic ring is 1. The van der Waals surface area contributed by atoms with Gasteiger partial charge in [0.15, 0.2) is 0 Å². The van der Waals surface area contributed by atoms with E-state index in [2.05, 4.69) is 10.3 Å². The third-order valence-corrected chi connectivity index (χ3v) is 3.54. The number of hydrogen-bond acceptors (Lipinski definition) is 3. The Kier molecular flexibility index (Phi) is 3.62. The van der Waals surface area contributed by atoms with E-state index in [9.17, 15) is 0 Å². The van der Waals surface area contributed by atoms with Crippen molar-refractivity contribution in [2.24, 2.45) is 0 Å². The van der Waals surface area contributed by atoms with Crippen LogP contribution in [0, 0.1) is 6.92 Å². The van der Waals surface area contributed by atoms with E-state index in [4.69, 9.17) is 28.9 Å². The van der Waals surface area contributed by atoms with Crippen molar-refractivity contribution in [1.29, 1.82) is 0 Å². The van der Waals surface area contributed by atoms with Gasteiger partial charge in [-0.2, -0.15) is 0 Å². The molecule has 0 saturated carbocycles. The van der Waals surface area contributed by atoms with Gasteiger partial charge in [0.1, 0.15) is 0 Å². The van der Waals surface area contributed by atoms with Crippen LogP contribution in [0.15, 0.2) is 42.5 Å². The van der Waals surface area contributed by atoms with Crippen LogP contribution < -0.4 is 11.1 Å². The normalized spacial score (nSPS) is 10.8. The van der Waals surface area contributed by atoms with Gasteiger partial charge in [0.05, 0.1) is 5.52 Å². The number of pyridine rings is 1. The molecule has 3 N–H and O–H groups in total. The monoisotopic (exact) mass is 317 g/mol. The van der Waals surface area contributed by atoms with Crippen LogP contribution in [-0.4, -0.2) is 4.98 Å². The van der Waals surface area contributed by atoms with Crippen LogP contribution in [0.2, 0.25) is 10.0 Å². The maximum absolute atomic E-state index is 6.03. The van der Waals surface area contributed by atoms with Crippen molar-refractivity contribution >= 4 is 51.2 Å². The Balaban J connectivity index is 2.13. The first-order chi connectivity index (χ1) is 10.0. The summed E-state index contributed by atoms with van der Waals surface area (Å²) >= 11 is 12.1. The largest absolute Gasteiger partial charge is 0.399 e. The van der Waals surface area contributed by atoms with Gasteiger partial charge in [-0.3, -0.25) is 4.98 Å². The molecule has 0 aliphatic heterocycles. The number of hydrogen-bond donors (Lipinski definition) is 2. The summed E-state index contributed by atoms with van der Waals surface area (Å²) in [7, 11) is 0. The fourth-order valence-corrected chi connectivity index (χ4v) is 2.79. The van der Waals surface area contributed by atoms with Crippen LogP contribution in [0.25, 0.3) is 10.9 Å². The van der Waals surface area contributed by atoms with E-state index >= 15 is 0 Å². The van der Waals surface area contributed by atoms with Gasteiger partial charge >= 0.3 is 0 Å². The number of nitrogens with one attached hydrogen (secondary N) is 1. The second kappa shape index (κ2) is 5.43. The number of anilines is 3. The minimum atomic E-state index is 0.583. The first kappa shape index (κ1) is 14.0. The lowest BCUT2D eigenvalue weighted by molar-refractivity contribution is 1.25. The van der Waals surface area contributed by atoms with E-state index < -0.39 is 0 Å². The smallest absolute Gasteiger partial charge is 0.0727 e. The lowest BCUT2D eigenvalue weighted by atomic mass is 10.1. The van der Waals surface area contributed by atoms with Crippen molar-refractivity contribution in [3.8, 4) is 0 Å². The number of aromatic nitrogens is 1.